The van der Waals surface area contributed by atoms with Crippen LogP contribution in [0.2, 0.25) is 0 Å². The van der Waals surface area contributed by atoms with Gasteiger partial charge in [-0.1, -0.05) is 22.8 Å². The minimum Gasteiger partial charge on any atom is -0.481 e. The van der Waals surface area contributed by atoms with Crippen molar-refractivity contribution in [2.75, 3.05) is 30.4 Å². The number of methoxy groups -OCH3 is 1. The summed E-state index contributed by atoms with van der Waals surface area (Å²) in [7, 11) is 3.31. The maximum Gasteiger partial charge on any atom is 0.266 e. The van der Waals surface area contributed by atoms with Gasteiger partial charge < -0.3 is 15.0 Å². The van der Waals surface area contributed by atoms with Crippen molar-refractivity contribution in [3.05, 3.63) is 58.8 Å². The molecule has 0 saturated carbocycles. The second-order valence-electron chi connectivity index (χ2n) is 7.58. The molecule has 0 fully saturated rings. The molecule has 9 nitrogen and oxygen atoms in total. The first kappa shape index (κ1) is 20.5. The molecule has 3 heterocycles. The molecule has 160 valence electrons. The monoisotopic (exact) mass is 419 g/mol. The Bertz CT molecular complexity index is 1140. The highest BCUT2D eigenvalue weighted by atomic mass is 16.5. The van der Waals surface area contributed by atoms with Crippen molar-refractivity contribution in [2.45, 2.75) is 20.3 Å². The fourth-order valence-electron chi connectivity index (χ4n) is 3.60. The summed E-state index contributed by atoms with van der Waals surface area (Å²) in [6.07, 6.45) is 2.47. The van der Waals surface area contributed by atoms with Crippen LogP contribution in [0.5, 0.6) is 5.88 Å². The number of anilines is 2. The van der Waals surface area contributed by atoms with E-state index in [1.807, 2.05) is 31.2 Å². The summed E-state index contributed by atoms with van der Waals surface area (Å²) in [6, 6.07) is 9.63. The highest BCUT2D eigenvalue weighted by Crippen LogP contribution is 2.29. The van der Waals surface area contributed by atoms with E-state index in [4.69, 9.17) is 4.74 Å². The summed E-state index contributed by atoms with van der Waals surface area (Å²) in [5.74, 6) is 0.925. The Morgan fingerprint density at radius 3 is 2.61 bits per heavy atom. The minimum atomic E-state index is -0.201. The first-order valence-corrected chi connectivity index (χ1v) is 10.0. The predicted molar refractivity (Wildman–Crippen MR) is 118 cm³/mol. The average Bonchev–Trinajstić information content (AvgIpc) is 3.20. The van der Waals surface area contributed by atoms with Crippen LogP contribution in [0, 0.1) is 6.92 Å². The number of rotatable bonds is 5. The van der Waals surface area contributed by atoms with E-state index < -0.39 is 0 Å². The lowest BCUT2D eigenvalue weighted by molar-refractivity contribution is 0.102. The Balaban J connectivity index is 1.48. The summed E-state index contributed by atoms with van der Waals surface area (Å²) in [5, 5.41) is 15.3. The minimum absolute atomic E-state index is 0.201. The van der Waals surface area contributed by atoms with Crippen molar-refractivity contribution in [2.24, 2.45) is 7.05 Å². The third-order valence-corrected chi connectivity index (χ3v) is 5.43. The summed E-state index contributed by atoms with van der Waals surface area (Å²) >= 11 is 0. The van der Waals surface area contributed by atoms with Crippen molar-refractivity contribution in [3.8, 4) is 5.88 Å². The Hall–Kier alpha value is -3.75. The molecule has 0 atom stereocenters. The quantitative estimate of drug-likeness (QED) is 0.679. The molecule has 4 rings (SSSR count). The molecule has 31 heavy (non-hydrogen) atoms. The van der Waals surface area contributed by atoms with Crippen LogP contribution in [-0.2, 0) is 7.05 Å². The molecule has 1 aromatic carbocycles. The normalized spacial score (nSPS) is 14.0. The smallest absolute Gasteiger partial charge is 0.266 e. The van der Waals surface area contributed by atoms with E-state index >= 15 is 0 Å². The molecule has 3 aromatic rings. The molecule has 0 spiro atoms. The lowest BCUT2D eigenvalue weighted by atomic mass is 9.95. The number of benzene rings is 1. The second-order valence-corrected chi connectivity index (χ2v) is 7.58. The zero-order valence-electron chi connectivity index (χ0n) is 18.1. The second kappa shape index (κ2) is 8.55. The zero-order valence-corrected chi connectivity index (χ0v) is 18.1. The number of ether oxygens (including phenoxy) is 1. The van der Waals surface area contributed by atoms with Gasteiger partial charge in [0, 0.05) is 31.0 Å². The summed E-state index contributed by atoms with van der Waals surface area (Å²) in [4.78, 5) is 20.4. The lowest BCUT2D eigenvalue weighted by Crippen LogP contribution is -2.31. The number of pyridine rings is 1. The van der Waals surface area contributed by atoms with Gasteiger partial charge in [0.15, 0.2) is 0 Å². The van der Waals surface area contributed by atoms with E-state index in [0.717, 1.165) is 36.3 Å². The van der Waals surface area contributed by atoms with Gasteiger partial charge in [-0.3, -0.25) is 4.79 Å². The number of carbonyl (C=O) groups excluding carboxylic acids is 1. The van der Waals surface area contributed by atoms with Crippen LogP contribution in [0.1, 0.15) is 34.8 Å². The molecule has 0 unspecified atom stereocenters. The van der Waals surface area contributed by atoms with Crippen LogP contribution in [-0.4, -0.2) is 51.3 Å². The number of hydrogen-bond donors (Lipinski definition) is 1. The lowest BCUT2D eigenvalue weighted by Gasteiger charge is -2.29. The van der Waals surface area contributed by atoms with Crippen molar-refractivity contribution < 1.29 is 9.53 Å². The molecule has 2 aromatic heterocycles. The molecular formula is C22H25N7O2. The topological polar surface area (TPSA) is 98.1 Å². The third kappa shape index (κ3) is 4.40. The van der Waals surface area contributed by atoms with Crippen LogP contribution in [0.3, 0.4) is 0 Å². The van der Waals surface area contributed by atoms with Gasteiger partial charge in [0.25, 0.3) is 11.9 Å². The molecule has 0 radical (unpaired) electrons. The van der Waals surface area contributed by atoms with Crippen molar-refractivity contribution in [1.29, 1.82) is 0 Å². The summed E-state index contributed by atoms with van der Waals surface area (Å²) in [6.45, 7) is 5.61. The maximum atomic E-state index is 12.6. The van der Waals surface area contributed by atoms with Crippen molar-refractivity contribution in [1.82, 2.24) is 25.2 Å². The van der Waals surface area contributed by atoms with Crippen LogP contribution < -0.4 is 15.0 Å². The molecule has 0 aliphatic carbocycles. The van der Waals surface area contributed by atoms with Gasteiger partial charge in [0.05, 0.1) is 19.7 Å². The number of nitrogens with zero attached hydrogens (tertiary/aromatic N) is 6. The van der Waals surface area contributed by atoms with Gasteiger partial charge in [0.1, 0.15) is 0 Å². The number of nitrogens with one attached hydrogen (secondary N) is 1. The fourth-order valence-corrected chi connectivity index (χ4v) is 3.60. The number of tetrazole rings is 1. The van der Waals surface area contributed by atoms with Gasteiger partial charge in [-0.15, -0.1) is 5.10 Å². The zero-order chi connectivity index (χ0) is 22.0. The van der Waals surface area contributed by atoms with Gasteiger partial charge >= 0.3 is 0 Å². The molecule has 0 bridgehead atoms. The number of hydrogen-bond acceptors (Lipinski definition) is 7. The third-order valence-electron chi connectivity index (χ3n) is 5.43. The Kier molecular flexibility index (Phi) is 5.66. The first-order valence-electron chi connectivity index (χ1n) is 10.0. The van der Waals surface area contributed by atoms with E-state index in [1.54, 1.807) is 20.2 Å². The predicted octanol–water partition coefficient (Wildman–Crippen LogP) is 2.86. The highest BCUT2D eigenvalue weighted by molar-refractivity contribution is 6.05. The Labute approximate surface area is 180 Å². The number of aryl methyl sites for hydroxylation is 2. The number of carbonyl (C=O) groups is 1. The molecule has 1 aliphatic rings. The van der Waals surface area contributed by atoms with E-state index in [-0.39, 0.29) is 5.91 Å². The fraction of sp³-hybridized carbons (Fsp3) is 0.318. The van der Waals surface area contributed by atoms with Crippen LogP contribution in [0.25, 0.3) is 5.57 Å². The number of amides is 1. The molecule has 1 N–H and O–H groups in total. The van der Waals surface area contributed by atoms with Crippen LogP contribution in [0.4, 0.5) is 11.6 Å². The summed E-state index contributed by atoms with van der Waals surface area (Å²) < 4.78 is 5.10. The van der Waals surface area contributed by atoms with Crippen molar-refractivity contribution >= 4 is 23.1 Å². The Morgan fingerprint density at radius 1 is 1.19 bits per heavy atom. The molecular weight excluding hydrogens is 394 g/mol. The molecule has 1 amide bonds. The average molecular weight is 419 g/mol. The van der Waals surface area contributed by atoms with E-state index in [9.17, 15) is 4.79 Å². The molecule has 9 heteroatoms. The van der Waals surface area contributed by atoms with Gasteiger partial charge in [-0.05, 0) is 54.3 Å². The van der Waals surface area contributed by atoms with Gasteiger partial charge in [0.2, 0.25) is 5.88 Å². The van der Waals surface area contributed by atoms with E-state index in [1.165, 1.54) is 22.1 Å². The first-order chi connectivity index (χ1) is 14.9. The van der Waals surface area contributed by atoms with E-state index in [2.05, 4.69) is 37.5 Å². The molecule has 0 saturated heterocycles. The Morgan fingerprint density at radius 2 is 1.97 bits per heavy atom. The molecule has 1 aliphatic heterocycles. The number of aromatic nitrogens is 5. The van der Waals surface area contributed by atoms with Gasteiger partial charge in [-0.25, -0.2) is 4.98 Å². The van der Waals surface area contributed by atoms with E-state index in [0.29, 0.717) is 17.4 Å². The standard InChI is InChI=1S/C22H25N7O2/c1-14-9-10-29(22-25-27-28(3)26-22)13-19(14)16-5-7-17(8-6-16)24-21(30)18-12-23-20(31-4)11-15(18)2/h5-8,11-12H,9-10,13H2,1-4H3,(H,24,30). The van der Waals surface area contributed by atoms with Gasteiger partial charge in [-0.2, -0.15) is 4.80 Å². The maximum absolute atomic E-state index is 12.6. The summed E-state index contributed by atoms with van der Waals surface area (Å²) in [5.41, 5.74) is 5.75. The van der Waals surface area contributed by atoms with Crippen LogP contribution in [0.15, 0.2) is 42.1 Å². The van der Waals surface area contributed by atoms with Crippen LogP contribution >= 0.6 is 0 Å². The largest absolute Gasteiger partial charge is 0.481 e. The highest BCUT2D eigenvalue weighted by Gasteiger charge is 2.21. The van der Waals surface area contributed by atoms with Crippen molar-refractivity contribution in [3.63, 3.8) is 0 Å². The SMILES string of the molecule is COc1cc(C)c(C(=O)Nc2ccc(C3=C(C)CCN(c4nnn(C)n4)C3)cc2)cn1.